The molecule has 1 saturated heterocycles. The van der Waals surface area contributed by atoms with Crippen molar-refractivity contribution in [2.24, 2.45) is 5.92 Å². The van der Waals surface area contributed by atoms with E-state index in [4.69, 9.17) is 0 Å². The molecule has 2 nitrogen and oxygen atoms in total. The highest BCUT2D eigenvalue weighted by atomic mass is 19.1. The van der Waals surface area contributed by atoms with Gasteiger partial charge >= 0.3 is 0 Å². The Balaban J connectivity index is 1.98. The van der Waals surface area contributed by atoms with Gasteiger partial charge in [0.15, 0.2) is 0 Å². The molecule has 0 spiro atoms. The van der Waals surface area contributed by atoms with Crippen molar-refractivity contribution in [1.29, 1.82) is 0 Å². The van der Waals surface area contributed by atoms with E-state index in [9.17, 15) is 4.39 Å². The van der Waals surface area contributed by atoms with Crippen LogP contribution in [0, 0.1) is 18.7 Å². The molecule has 1 aliphatic rings. The van der Waals surface area contributed by atoms with Crippen molar-refractivity contribution < 1.29 is 4.39 Å². The van der Waals surface area contributed by atoms with Gasteiger partial charge < -0.3 is 5.32 Å². The van der Waals surface area contributed by atoms with Crippen molar-refractivity contribution in [3.05, 3.63) is 35.1 Å². The van der Waals surface area contributed by atoms with Gasteiger partial charge in [0, 0.05) is 32.2 Å². The van der Waals surface area contributed by atoms with Gasteiger partial charge in [-0.05, 0) is 36.1 Å². The van der Waals surface area contributed by atoms with Gasteiger partial charge in [-0.15, -0.1) is 0 Å². The number of hydrogen-bond acceptors (Lipinski definition) is 2. The smallest absolute Gasteiger partial charge is 0.123 e. The number of rotatable bonds is 4. The van der Waals surface area contributed by atoms with Crippen LogP contribution in [0.15, 0.2) is 18.2 Å². The summed E-state index contributed by atoms with van der Waals surface area (Å²) < 4.78 is 13.1. The average Bonchev–Trinajstić information content (AvgIpc) is 2.41. The highest BCUT2D eigenvalue weighted by Crippen LogP contribution is 2.17. The number of halogens is 1. The average molecular weight is 264 g/mol. The van der Waals surface area contributed by atoms with Crippen LogP contribution in [0.25, 0.3) is 0 Å². The van der Waals surface area contributed by atoms with E-state index in [1.165, 1.54) is 12.0 Å². The zero-order valence-electron chi connectivity index (χ0n) is 12.2. The lowest BCUT2D eigenvalue weighted by atomic mass is 9.96. The zero-order chi connectivity index (χ0) is 13.8. The van der Waals surface area contributed by atoms with E-state index in [1.54, 1.807) is 12.1 Å². The molecule has 0 amide bonds. The Bertz CT molecular complexity index is 419. The van der Waals surface area contributed by atoms with E-state index in [1.807, 2.05) is 13.0 Å². The molecule has 0 aliphatic carbocycles. The van der Waals surface area contributed by atoms with Crippen LogP contribution in [0.5, 0.6) is 0 Å². The maximum Gasteiger partial charge on any atom is 0.123 e. The van der Waals surface area contributed by atoms with Crippen molar-refractivity contribution in [3.63, 3.8) is 0 Å². The molecule has 1 heterocycles. The molecule has 1 aliphatic heterocycles. The van der Waals surface area contributed by atoms with Gasteiger partial charge in [0.25, 0.3) is 0 Å². The van der Waals surface area contributed by atoms with E-state index in [0.717, 1.165) is 31.7 Å². The van der Waals surface area contributed by atoms with Gasteiger partial charge in [0.2, 0.25) is 0 Å². The summed E-state index contributed by atoms with van der Waals surface area (Å²) in [6.07, 6.45) is 1.21. The van der Waals surface area contributed by atoms with Gasteiger partial charge in [-0.3, -0.25) is 4.90 Å². The van der Waals surface area contributed by atoms with Crippen LogP contribution < -0.4 is 5.32 Å². The van der Waals surface area contributed by atoms with E-state index in [0.29, 0.717) is 12.0 Å². The van der Waals surface area contributed by atoms with Crippen LogP contribution in [0.3, 0.4) is 0 Å². The molecule has 0 saturated carbocycles. The first-order chi connectivity index (χ1) is 9.10. The van der Waals surface area contributed by atoms with Crippen molar-refractivity contribution in [1.82, 2.24) is 10.2 Å². The predicted molar refractivity (Wildman–Crippen MR) is 77.7 cm³/mol. The molecule has 1 aromatic carbocycles. The minimum Gasteiger partial charge on any atom is -0.311 e. The number of piperazine rings is 1. The topological polar surface area (TPSA) is 15.3 Å². The summed E-state index contributed by atoms with van der Waals surface area (Å²) in [7, 11) is 0. The Morgan fingerprint density at radius 1 is 1.47 bits per heavy atom. The van der Waals surface area contributed by atoms with Crippen LogP contribution in [0.2, 0.25) is 0 Å². The highest BCUT2D eigenvalue weighted by molar-refractivity contribution is 5.26. The summed E-state index contributed by atoms with van der Waals surface area (Å²) in [6, 6.07) is 5.70. The largest absolute Gasteiger partial charge is 0.311 e. The van der Waals surface area contributed by atoms with Crippen LogP contribution in [0.4, 0.5) is 4.39 Å². The fourth-order valence-corrected chi connectivity index (χ4v) is 2.73. The molecule has 0 bridgehead atoms. The predicted octanol–water partition coefficient (Wildman–Crippen LogP) is 2.95. The molecule has 1 N–H and O–H groups in total. The van der Waals surface area contributed by atoms with Gasteiger partial charge in [0.05, 0.1) is 0 Å². The lowest BCUT2D eigenvalue weighted by molar-refractivity contribution is 0.162. The molecule has 2 rings (SSSR count). The highest BCUT2D eigenvalue weighted by Gasteiger charge is 2.23. The van der Waals surface area contributed by atoms with Gasteiger partial charge in [0.1, 0.15) is 5.82 Å². The van der Waals surface area contributed by atoms with E-state index < -0.39 is 0 Å². The molecule has 3 heteroatoms. The summed E-state index contributed by atoms with van der Waals surface area (Å²) in [5.74, 6) is 0.566. The summed E-state index contributed by atoms with van der Waals surface area (Å²) in [4.78, 5) is 2.48. The van der Waals surface area contributed by atoms with E-state index in [2.05, 4.69) is 24.1 Å². The summed E-state index contributed by atoms with van der Waals surface area (Å²) in [5.41, 5.74) is 2.30. The Kier molecular flexibility index (Phi) is 4.94. The molecule has 2 atom stereocenters. The fraction of sp³-hybridized carbons (Fsp3) is 0.625. The van der Waals surface area contributed by atoms with Crippen LogP contribution >= 0.6 is 0 Å². The van der Waals surface area contributed by atoms with Crippen molar-refractivity contribution in [2.75, 3.05) is 19.6 Å². The second-order valence-electron chi connectivity index (χ2n) is 5.75. The van der Waals surface area contributed by atoms with Crippen LogP contribution in [-0.2, 0) is 6.54 Å². The number of aryl methyl sites for hydroxylation is 1. The molecule has 106 valence electrons. The maximum atomic E-state index is 13.1. The third-order valence-electron chi connectivity index (χ3n) is 4.32. The number of nitrogens with one attached hydrogen (secondary N) is 1. The molecular formula is C16H25FN2. The quantitative estimate of drug-likeness (QED) is 0.899. The number of hydrogen-bond donors (Lipinski definition) is 1. The third kappa shape index (κ3) is 3.77. The summed E-state index contributed by atoms with van der Waals surface area (Å²) in [5, 5.41) is 3.61. The lowest BCUT2D eigenvalue weighted by Gasteiger charge is -2.36. The second kappa shape index (κ2) is 6.49. The lowest BCUT2D eigenvalue weighted by Crippen LogP contribution is -2.52. The minimum absolute atomic E-state index is 0.140. The summed E-state index contributed by atoms with van der Waals surface area (Å²) in [6.45, 7) is 10.7. The van der Waals surface area contributed by atoms with Crippen LogP contribution in [0.1, 0.15) is 31.4 Å². The molecule has 19 heavy (non-hydrogen) atoms. The number of nitrogens with zero attached hydrogens (tertiary/aromatic N) is 1. The molecule has 0 aromatic heterocycles. The molecule has 1 aromatic rings. The van der Waals surface area contributed by atoms with Crippen molar-refractivity contribution in [2.45, 2.75) is 39.8 Å². The minimum atomic E-state index is -0.140. The van der Waals surface area contributed by atoms with Gasteiger partial charge in [-0.2, -0.15) is 0 Å². The van der Waals surface area contributed by atoms with Crippen molar-refractivity contribution >= 4 is 0 Å². The molecule has 1 fully saturated rings. The monoisotopic (exact) mass is 264 g/mol. The van der Waals surface area contributed by atoms with Crippen LogP contribution in [-0.4, -0.2) is 30.6 Å². The Morgan fingerprint density at radius 3 is 2.95 bits per heavy atom. The fourth-order valence-electron chi connectivity index (χ4n) is 2.73. The Hall–Kier alpha value is -0.930. The molecular weight excluding hydrogens is 239 g/mol. The Labute approximate surface area is 116 Å². The van der Waals surface area contributed by atoms with E-state index in [-0.39, 0.29) is 5.82 Å². The van der Waals surface area contributed by atoms with Gasteiger partial charge in [-0.1, -0.05) is 26.3 Å². The maximum absolute atomic E-state index is 13.1. The normalized spacial score (nSPS) is 22.4. The van der Waals surface area contributed by atoms with Gasteiger partial charge in [-0.25, -0.2) is 4.39 Å². The molecule has 0 radical (unpaired) electrons. The Morgan fingerprint density at radius 2 is 2.26 bits per heavy atom. The molecule has 2 unspecified atom stereocenters. The van der Waals surface area contributed by atoms with E-state index >= 15 is 0 Å². The second-order valence-corrected chi connectivity index (χ2v) is 5.75. The first-order valence-corrected chi connectivity index (χ1v) is 7.31. The third-order valence-corrected chi connectivity index (χ3v) is 4.32. The van der Waals surface area contributed by atoms with Crippen molar-refractivity contribution in [3.8, 4) is 0 Å². The first kappa shape index (κ1) is 14.5. The SMILES string of the molecule is CCC(C)C1CN(Cc2ccc(F)cc2C)CCN1. The number of benzene rings is 1. The first-order valence-electron chi connectivity index (χ1n) is 7.31. The zero-order valence-corrected chi connectivity index (χ0v) is 12.2. The summed E-state index contributed by atoms with van der Waals surface area (Å²) >= 11 is 0. The standard InChI is InChI=1S/C16H25FN2/c1-4-12(2)16-11-19(8-7-18-16)10-14-5-6-15(17)9-13(14)3/h5-6,9,12,16,18H,4,7-8,10-11H2,1-3H3.